The van der Waals surface area contributed by atoms with Gasteiger partial charge in [0.1, 0.15) is 5.01 Å². The smallest absolute Gasteiger partial charge is 0.205 e. The highest BCUT2D eigenvalue weighted by atomic mass is 32.1. The number of rotatable bonds is 3. The molecule has 86 valence electrons. The number of nitrogens with zero attached hydrogens (tertiary/aromatic N) is 4. The molecule has 0 amide bonds. The van der Waals surface area contributed by atoms with E-state index in [0.717, 1.165) is 21.0 Å². The Morgan fingerprint density at radius 2 is 2.18 bits per heavy atom. The monoisotopic (exact) mass is 245 g/mol. The molecule has 0 aliphatic carbocycles. The summed E-state index contributed by atoms with van der Waals surface area (Å²) in [5.41, 5.74) is 1.12. The Kier molecular flexibility index (Phi) is 2.49. The highest BCUT2D eigenvalue weighted by Crippen LogP contribution is 2.18. The molecule has 2 heterocycles. The molecule has 0 bridgehead atoms. The Hall–Kier alpha value is -1.95. The van der Waals surface area contributed by atoms with E-state index in [2.05, 4.69) is 32.7 Å². The molecule has 5 nitrogen and oxygen atoms in total. The third-order valence-electron chi connectivity index (χ3n) is 2.52. The quantitative estimate of drug-likeness (QED) is 0.766. The Balaban J connectivity index is 1.94. The Morgan fingerprint density at radius 1 is 1.29 bits per heavy atom. The summed E-state index contributed by atoms with van der Waals surface area (Å²) in [6, 6.07) is 8.14. The van der Waals surface area contributed by atoms with Crippen LogP contribution in [0.25, 0.3) is 10.9 Å². The van der Waals surface area contributed by atoms with Crippen molar-refractivity contribution in [3.63, 3.8) is 0 Å². The largest absolute Gasteiger partial charge is 0.363 e. The summed E-state index contributed by atoms with van der Waals surface area (Å²) in [6.45, 7) is 0.660. The van der Waals surface area contributed by atoms with Crippen molar-refractivity contribution in [2.24, 2.45) is 0 Å². The van der Waals surface area contributed by atoms with E-state index < -0.39 is 0 Å². The van der Waals surface area contributed by atoms with Gasteiger partial charge in [-0.3, -0.25) is 4.68 Å². The second-order valence-electron chi connectivity index (χ2n) is 3.61. The Bertz CT molecular complexity index is 642. The van der Waals surface area contributed by atoms with Crippen LogP contribution in [0.5, 0.6) is 0 Å². The lowest BCUT2D eigenvalue weighted by Crippen LogP contribution is -2.00. The maximum Gasteiger partial charge on any atom is 0.205 e. The molecule has 17 heavy (non-hydrogen) atoms. The van der Waals surface area contributed by atoms with E-state index in [4.69, 9.17) is 0 Å². The fourth-order valence-corrected chi connectivity index (χ4v) is 2.37. The normalized spacial score (nSPS) is 10.9. The van der Waals surface area contributed by atoms with Crippen molar-refractivity contribution in [2.75, 3.05) is 12.4 Å². The molecule has 1 N–H and O–H groups in total. The number of anilines is 1. The number of hydrogen-bond acceptors (Lipinski definition) is 5. The van der Waals surface area contributed by atoms with Crippen LogP contribution in [0.4, 0.5) is 5.13 Å². The van der Waals surface area contributed by atoms with E-state index >= 15 is 0 Å². The number of hydrogen-bond donors (Lipinski definition) is 1. The summed E-state index contributed by atoms with van der Waals surface area (Å²) in [5, 5.41) is 18.4. The van der Waals surface area contributed by atoms with Crippen LogP contribution in [0.15, 0.2) is 30.5 Å². The van der Waals surface area contributed by atoms with Gasteiger partial charge < -0.3 is 5.32 Å². The van der Waals surface area contributed by atoms with E-state index in [1.807, 2.05) is 30.1 Å². The van der Waals surface area contributed by atoms with E-state index in [1.54, 1.807) is 11.3 Å². The Labute approximate surface area is 102 Å². The van der Waals surface area contributed by atoms with Crippen molar-refractivity contribution in [1.82, 2.24) is 20.0 Å². The molecular formula is C11H11N5S. The molecule has 0 spiro atoms. The molecule has 3 rings (SSSR count). The maximum absolute atomic E-state index is 4.36. The number of para-hydroxylation sites is 1. The lowest BCUT2D eigenvalue weighted by Gasteiger charge is -1.99. The van der Waals surface area contributed by atoms with Gasteiger partial charge in [0.15, 0.2) is 0 Å². The van der Waals surface area contributed by atoms with E-state index in [-0.39, 0.29) is 0 Å². The van der Waals surface area contributed by atoms with Crippen molar-refractivity contribution in [3.05, 3.63) is 35.5 Å². The van der Waals surface area contributed by atoms with Gasteiger partial charge in [-0.25, -0.2) is 0 Å². The zero-order chi connectivity index (χ0) is 11.7. The van der Waals surface area contributed by atoms with Crippen molar-refractivity contribution >= 4 is 27.4 Å². The van der Waals surface area contributed by atoms with E-state index in [9.17, 15) is 0 Å². The SMILES string of the molecule is CNc1nnc(Cn2ncc3ccccc32)s1. The number of nitrogens with one attached hydrogen (secondary N) is 1. The van der Waals surface area contributed by atoms with Gasteiger partial charge in [0.05, 0.1) is 18.3 Å². The average Bonchev–Trinajstić information content (AvgIpc) is 2.97. The average molecular weight is 245 g/mol. The summed E-state index contributed by atoms with van der Waals surface area (Å²) < 4.78 is 1.94. The van der Waals surface area contributed by atoms with Gasteiger partial charge in [-0.1, -0.05) is 29.5 Å². The molecule has 0 fully saturated rings. The number of benzene rings is 1. The van der Waals surface area contributed by atoms with Crippen molar-refractivity contribution in [3.8, 4) is 0 Å². The van der Waals surface area contributed by atoms with Gasteiger partial charge >= 0.3 is 0 Å². The third-order valence-corrected chi connectivity index (χ3v) is 3.44. The molecule has 0 saturated heterocycles. The molecule has 0 unspecified atom stereocenters. The lowest BCUT2D eigenvalue weighted by atomic mass is 10.3. The van der Waals surface area contributed by atoms with E-state index in [0.29, 0.717) is 6.54 Å². The van der Waals surface area contributed by atoms with Gasteiger partial charge in [0.2, 0.25) is 5.13 Å². The highest BCUT2D eigenvalue weighted by Gasteiger charge is 2.06. The summed E-state index contributed by atoms with van der Waals surface area (Å²) in [6.07, 6.45) is 1.87. The Morgan fingerprint density at radius 3 is 3.00 bits per heavy atom. The van der Waals surface area contributed by atoms with Crippen LogP contribution < -0.4 is 5.32 Å². The first-order valence-corrected chi connectivity index (χ1v) is 6.09. The molecule has 0 saturated carbocycles. The minimum Gasteiger partial charge on any atom is -0.363 e. The second kappa shape index (κ2) is 4.14. The van der Waals surface area contributed by atoms with Gasteiger partial charge in [-0.05, 0) is 6.07 Å². The van der Waals surface area contributed by atoms with Crippen LogP contribution in [0.1, 0.15) is 5.01 Å². The number of aromatic nitrogens is 4. The predicted molar refractivity (Wildman–Crippen MR) is 68.3 cm³/mol. The highest BCUT2D eigenvalue weighted by molar-refractivity contribution is 7.15. The molecular weight excluding hydrogens is 234 g/mol. The molecule has 2 aromatic heterocycles. The minimum absolute atomic E-state index is 0.660. The lowest BCUT2D eigenvalue weighted by molar-refractivity contribution is 0.701. The van der Waals surface area contributed by atoms with Gasteiger partial charge in [-0.15, -0.1) is 10.2 Å². The van der Waals surface area contributed by atoms with Crippen molar-refractivity contribution in [1.29, 1.82) is 0 Å². The topological polar surface area (TPSA) is 55.6 Å². The van der Waals surface area contributed by atoms with Gasteiger partial charge in [0.25, 0.3) is 0 Å². The van der Waals surface area contributed by atoms with Crippen molar-refractivity contribution in [2.45, 2.75) is 6.54 Å². The van der Waals surface area contributed by atoms with Crippen molar-refractivity contribution < 1.29 is 0 Å². The van der Waals surface area contributed by atoms with Crippen LogP contribution >= 0.6 is 11.3 Å². The summed E-state index contributed by atoms with van der Waals surface area (Å²) in [4.78, 5) is 0. The van der Waals surface area contributed by atoms with Gasteiger partial charge in [-0.2, -0.15) is 5.10 Å². The first-order valence-electron chi connectivity index (χ1n) is 5.27. The molecule has 0 radical (unpaired) electrons. The zero-order valence-corrected chi connectivity index (χ0v) is 10.1. The molecule has 1 aromatic carbocycles. The van der Waals surface area contributed by atoms with Crippen LogP contribution in [0, 0.1) is 0 Å². The minimum atomic E-state index is 0.660. The molecule has 3 aromatic rings. The fourth-order valence-electron chi connectivity index (χ4n) is 1.70. The van der Waals surface area contributed by atoms with Crippen LogP contribution in [0.3, 0.4) is 0 Å². The molecule has 0 atom stereocenters. The summed E-state index contributed by atoms with van der Waals surface area (Å²) in [7, 11) is 1.84. The first kappa shape index (κ1) is 10.2. The number of fused-ring (bicyclic) bond motifs is 1. The summed E-state index contributed by atoms with van der Waals surface area (Å²) in [5.74, 6) is 0. The second-order valence-corrected chi connectivity index (χ2v) is 4.67. The van der Waals surface area contributed by atoms with Crippen LogP contribution in [-0.2, 0) is 6.54 Å². The molecule has 0 aliphatic heterocycles. The summed E-state index contributed by atoms with van der Waals surface area (Å²) >= 11 is 1.55. The van der Waals surface area contributed by atoms with Crippen LogP contribution in [0.2, 0.25) is 0 Å². The third kappa shape index (κ3) is 1.87. The maximum atomic E-state index is 4.36. The van der Waals surface area contributed by atoms with Gasteiger partial charge in [0, 0.05) is 12.4 Å². The standard InChI is InChI=1S/C11H11N5S/c1-12-11-15-14-10(17-11)7-16-9-5-3-2-4-8(9)6-13-16/h2-6H,7H2,1H3,(H,12,15). The fraction of sp³-hybridized carbons (Fsp3) is 0.182. The molecule has 6 heteroatoms. The van der Waals surface area contributed by atoms with Crippen LogP contribution in [-0.4, -0.2) is 27.0 Å². The first-order chi connectivity index (χ1) is 8.36. The van der Waals surface area contributed by atoms with E-state index in [1.165, 1.54) is 0 Å². The molecule has 0 aliphatic rings. The zero-order valence-electron chi connectivity index (χ0n) is 9.29. The predicted octanol–water partition coefficient (Wildman–Crippen LogP) is 1.98.